The topological polar surface area (TPSA) is 37.3 Å². The van der Waals surface area contributed by atoms with Crippen LogP contribution in [0.4, 0.5) is 0 Å². The molecule has 22 heavy (non-hydrogen) atoms. The van der Waals surface area contributed by atoms with Crippen LogP contribution in [-0.2, 0) is 5.60 Å². The molecule has 1 atom stereocenters. The standard InChI is InChI=1S/C19H22O2Si/c1-13(12-22(2,3)4)11-19(21)16-10-6-8-14-7-5-9-15(17(14)16)18(19)20/h5-10,21H,1,11-12H2,2-4H3. The van der Waals surface area contributed by atoms with Gasteiger partial charge in [0, 0.05) is 25.6 Å². The molecule has 2 nitrogen and oxygen atoms in total. The molecule has 0 saturated carbocycles. The summed E-state index contributed by atoms with van der Waals surface area (Å²) in [5, 5.41) is 13.1. The predicted molar refractivity (Wildman–Crippen MR) is 94.1 cm³/mol. The molecule has 0 saturated heterocycles. The normalized spacial score (nSPS) is 20.6. The van der Waals surface area contributed by atoms with Crippen molar-refractivity contribution < 1.29 is 9.90 Å². The Hall–Kier alpha value is -1.71. The monoisotopic (exact) mass is 310 g/mol. The highest BCUT2D eigenvalue weighted by Crippen LogP contribution is 2.44. The fourth-order valence-electron chi connectivity index (χ4n) is 3.57. The summed E-state index contributed by atoms with van der Waals surface area (Å²) in [6, 6.07) is 12.4. The Morgan fingerprint density at radius 2 is 1.82 bits per heavy atom. The lowest BCUT2D eigenvalue weighted by Crippen LogP contribution is -2.33. The van der Waals surface area contributed by atoms with E-state index in [0.717, 1.165) is 28.0 Å². The number of aliphatic hydroxyl groups is 1. The van der Waals surface area contributed by atoms with Crippen molar-refractivity contribution in [1.82, 2.24) is 0 Å². The van der Waals surface area contributed by atoms with Gasteiger partial charge in [-0.25, -0.2) is 0 Å². The summed E-state index contributed by atoms with van der Waals surface area (Å²) in [7, 11) is -1.31. The van der Waals surface area contributed by atoms with Gasteiger partial charge in [0.05, 0.1) is 0 Å². The highest BCUT2D eigenvalue weighted by molar-refractivity contribution is 6.76. The molecule has 1 aliphatic carbocycles. The third kappa shape index (κ3) is 2.34. The molecule has 0 amide bonds. The first-order chi connectivity index (χ1) is 10.2. The van der Waals surface area contributed by atoms with Crippen LogP contribution < -0.4 is 0 Å². The fraction of sp³-hybridized carbons (Fsp3) is 0.316. The summed E-state index contributed by atoms with van der Waals surface area (Å²) in [6.45, 7) is 10.9. The zero-order chi connectivity index (χ0) is 16.1. The molecule has 0 radical (unpaired) electrons. The number of rotatable bonds is 4. The number of carbonyl (C=O) groups is 1. The van der Waals surface area contributed by atoms with E-state index in [4.69, 9.17) is 0 Å². The maximum absolute atomic E-state index is 12.8. The van der Waals surface area contributed by atoms with Crippen molar-refractivity contribution in [2.45, 2.75) is 37.7 Å². The maximum Gasteiger partial charge on any atom is 0.199 e. The SMILES string of the molecule is C=C(CC1(O)C(=O)c2cccc3cccc1c23)C[Si](C)(C)C. The van der Waals surface area contributed by atoms with Crippen LogP contribution in [0.5, 0.6) is 0 Å². The molecule has 0 aliphatic heterocycles. The van der Waals surface area contributed by atoms with Crippen molar-refractivity contribution in [2.75, 3.05) is 0 Å². The van der Waals surface area contributed by atoms with Crippen molar-refractivity contribution >= 4 is 24.6 Å². The number of Topliss-reactive ketones (excluding diaryl/α,β-unsaturated/α-hetero) is 1. The zero-order valence-electron chi connectivity index (χ0n) is 13.4. The fourth-order valence-corrected chi connectivity index (χ4v) is 5.19. The van der Waals surface area contributed by atoms with Crippen molar-refractivity contribution in [3.8, 4) is 0 Å². The second-order valence-electron chi connectivity index (χ2n) is 7.56. The van der Waals surface area contributed by atoms with Gasteiger partial charge in [0.1, 0.15) is 0 Å². The summed E-state index contributed by atoms with van der Waals surface area (Å²) in [5.74, 6) is -0.184. The number of ketones is 1. The van der Waals surface area contributed by atoms with Crippen LogP contribution in [0.2, 0.25) is 25.7 Å². The number of hydrogen-bond donors (Lipinski definition) is 1. The zero-order valence-corrected chi connectivity index (χ0v) is 14.4. The van der Waals surface area contributed by atoms with Gasteiger partial charge >= 0.3 is 0 Å². The molecule has 2 aromatic carbocycles. The summed E-state index contributed by atoms with van der Waals surface area (Å²) in [4.78, 5) is 12.8. The molecule has 0 fully saturated rings. The van der Waals surface area contributed by atoms with Gasteiger partial charge in [0.25, 0.3) is 0 Å². The average molecular weight is 310 g/mol. The smallest absolute Gasteiger partial charge is 0.199 e. The lowest BCUT2D eigenvalue weighted by Gasteiger charge is -2.26. The third-order valence-corrected chi connectivity index (χ3v) is 5.82. The van der Waals surface area contributed by atoms with Crippen molar-refractivity contribution in [3.05, 3.63) is 59.7 Å². The molecule has 114 valence electrons. The minimum atomic E-state index is -1.44. The minimum Gasteiger partial charge on any atom is -0.377 e. The van der Waals surface area contributed by atoms with E-state index in [9.17, 15) is 9.90 Å². The Morgan fingerprint density at radius 1 is 1.18 bits per heavy atom. The van der Waals surface area contributed by atoms with Gasteiger partial charge < -0.3 is 5.11 Å². The van der Waals surface area contributed by atoms with Gasteiger partial charge in [-0.3, -0.25) is 4.79 Å². The Bertz CT molecular complexity index is 780. The molecular weight excluding hydrogens is 288 g/mol. The van der Waals surface area contributed by atoms with Crippen molar-refractivity contribution in [2.24, 2.45) is 0 Å². The molecule has 1 aliphatic rings. The first kappa shape index (κ1) is 15.2. The van der Waals surface area contributed by atoms with Crippen molar-refractivity contribution in [3.63, 3.8) is 0 Å². The Kier molecular flexibility index (Phi) is 3.38. The number of hydrogen-bond acceptors (Lipinski definition) is 2. The Morgan fingerprint density at radius 3 is 2.45 bits per heavy atom. The van der Waals surface area contributed by atoms with E-state index in [1.54, 1.807) is 0 Å². The van der Waals surface area contributed by atoms with Crippen LogP contribution in [0.15, 0.2) is 48.6 Å². The summed E-state index contributed by atoms with van der Waals surface area (Å²) in [5.41, 5.74) is 0.901. The summed E-state index contributed by atoms with van der Waals surface area (Å²) >= 11 is 0. The van der Waals surface area contributed by atoms with Crippen LogP contribution in [-0.4, -0.2) is 19.0 Å². The lowest BCUT2D eigenvalue weighted by molar-refractivity contribution is 0.0333. The first-order valence-electron chi connectivity index (χ1n) is 7.68. The highest BCUT2D eigenvalue weighted by atomic mass is 28.3. The quantitative estimate of drug-likeness (QED) is 0.666. The van der Waals surface area contributed by atoms with Crippen LogP contribution in [0.1, 0.15) is 22.3 Å². The molecule has 1 N–H and O–H groups in total. The second kappa shape index (κ2) is 4.90. The van der Waals surface area contributed by atoms with E-state index < -0.39 is 13.7 Å². The molecule has 2 aromatic rings. The minimum absolute atomic E-state index is 0.184. The molecular formula is C19H22O2Si. The summed E-state index contributed by atoms with van der Waals surface area (Å²) < 4.78 is 0. The van der Waals surface area contributed by atoms with Gasteiger partial charge in [-0.05, 0) is 16.8 Å². The highest BCUT2D eigenvalue weighted by Gasteiger charge is 2.46. The van der Waals surface area contributed by atoms with Crippen LogP contribution in [0.25, 0.3) is 10.8 Å². The molecule has 3 heteroatoms. The largest absolute Gasteiger partial charge is 0.377 e. The molecule has 1 unspecified atom stereocenters. The van der Waals surface area contributed by atoms with Gasteiger partial charge in [0.2, 0.25) is 0 Å². The number of carbonyl (C=O) groups excluding carboxylic acids is 1. The van der Waals surface area contributed by atoms with Crippen LogP contribution in [0, 0.1) is 0 Å². The van der Waals surface area contributed by atoms with E-state index in [2.05, 4.69) is 26.2 Å². The van der Waals surface area contributed by atoms with E-state index >= 15 is 0 Å². The summed E-state index contributed by atoms with van der Waals surface area (Å²) in [6.07, 6.45) is 0.323. The molecule has 0 aromatic heterocycles. The molecule has 0 heterocycles. The van der Waals surface area contributed by atoms with Crippen LogP contribution >= 0.6 is 0 Å². The second-order valence-corrected chi connectivity index (χ2v) is 13.0. The Balaban J connectivity index is 2.04. The lowest BCUT2D eigenvalue weighted by atomic mass is 9.87. The third-order valence-electron chi connectivity index (χ3n) is 4.26. The van der Waals surface area contributed by atoms with E-state index in [-0.39, 0.29) is 5.78 Å². The molecule has 3 rings (SSSR count). The van der Waals surface area contributed by atoms with E-state index in [1.165, 1.54) is 0 Å². The van der Waals surface area contributed by atoms with Gasteiger partial charge in [-0.1, -0.05) is 61.6 Å². The molecule has 0 bridgehead atoms. The number of benzene rings is 2. The van der Waals surface area contributed by atoms with E-state index in [0.29, 0.717) is 12.0 Å². The van der Waals surface area contributed by atoms with Crippen molar-refractivity contribution in [1.29, 1.82) is 0 Å². The predicted octanol–water partition coefficient (Wildman–Crippen LogP) is 4.51. The molecule has 0 spiro atoms. The van der Waals surface area contributed by atoms with Gasteiger partial charge in [-0.2, -0.15) is 0 Å². The van der Waals surface area contributed by atoms with Gasteiger partial charge in [0.15, 0.2) is 11.4 Å². The van der Waals surface area contributed by atoms with E-state index in [1.807, 2.05) is 36.4 Å². The first-order valence-corrected chi connectivity index (χ1v) is 11.4. The van der Waals surface area contributed by atoms with Gasteiger partial charge in [-0.15, -0.1) is 6.58 Å². The maximum atomic E-state index is 12.8. The Labute approximate surface area is 132 Å². The average Bonchev–Trinajstić information content (AvgIpc) is 2.62. The van der Waals surface area contributed by atoms with Crippen LogP contribution in [0.3, 0.4) is 0 Å².